The van der Waals surface area contributed by atoms with Crippen molar-refractivity contribution >= 4 is 26.8 Å². The molecule has 0 saturated carbocycles. The highest BCUT2D eigenvalue weighted by atomic mass is 32.2. The number of benzene rings is 2. The van der Waals surface area contributed by atoms with Crippen molar-refractivity contribution < 1.29 is 8.42 Å². The van der Waals surface area contributed by atoms with Gasteiger partial charge in [-0.1, -0.05) is 42.5 Å². The Morgan fingerprint density at radius 1 is 1.15 bits per heavy atom. The maximum Gasteiger partial charge on any atom is 0.209 e. The highest BCUT2D eigenvalue weighted by Crippen LogP contribution is 2.23. The van der Waals surface area contributed by atoms with Crippen LogP contribution in [0.5, 0.6) is 0 Å². The number of hydrogen-bond donors (Lipinski definition) is 3. The molecule has 1 atom stereocenters. The molecule has 0 aliphatic rings. The van der Waals surface area contributed by atoms with Gasteiger partial charge in [0.15, 0.2) is 5.96 Å². The number of guanidine groups is 1. The first-order valence-electron chi connectivity index (χ1n) is 9.13. The molecule has 27 heavy (non-hydrogen) atoms. The molecular formula is C20H30N4O2S. The molecule has 2 aromatic carbocycles. The molecule has 0 radical (unpaired) electrons. The van der Waals surface area contributed by atoms with Crippen molar-refractivity contribution in [1.82, 2.24) is 15.4 Å². The molecule has 0 amide bonds. The van der Waals surface area contributed by atoms with E-state index in [0.717, 1.165) is 6.26 Å². The zero-order valence-corrected chi connectivity index (χ0v) is 17.5. The van der Waals surface area contributed by atoms with Crippen molar-refractivity contribution in [2.45, 2.75) is 39.3 Å². The Morgan fingerprint density at radius 2 is 1.81 bits per heavy atom. The number of nitrogens with one attached hydrogen (secondary N) is 3. The van der Waals surface area contributed by atoms with E-state index in [4.69, 9.17) is 0 Å². The van der Waals surface area contributed by atoms with Crippen LogP contribution in [-0.4, -0.2) is 39.3 Å². The predicted molar refractivity (Wildman–Crippen MR) is 114 cm³/mol. The van der Waals surface area contributed by atoms with Gasteiger partial charge in [-0.25, -0.2) is 13.1 Å². The first-order valence-corrected chi connectivity index (χ1v) is 11.0. The molecule has 0 aromatic heterocycles. The van der Waals surface area contributed by atoms with E-state index in [9.17, 15) is 8.42 Å². The molecule has 0 fully saturated rings. The number of nitrogens with zero attached hydrogens (tertiary/aromatic N) is 1. The van der Waals surface area contributed by atoms with E-state index >= 15 is 0 Å². The summed E-state index contributed by atoms with van der Waals surface area (Å²) in [7, 11) is -3.29. The second-order valence-electron chi connectivity index (χ2n) is 7.39. The Morgan fingerprint density at radius 3 is 2.48 bits per heavy atom. The summed E-state index contributed by atoms with van der Waals surface area (Å²) in [5.41, 5.74) is 0.519. The SMILES string of the molecule is CCNC(=NCC(C)(C)NS(C)(=O)=O)NC(C)c1cccc2ccccc12. The number of hydrogen-bond acceptors (Lipinski definition) is 3. The van der Waals surface area contributed by atoms with Crippen LogP contribution in [0.25, 0.3) is 10.8 Å². The van der Waals surface area contributed by atoms with Gasteiger partial charge in [-0.3, -0.25) is 4.99 Å². The van der Waals surface area contributed by atoms with Crippen molar-refractivity contribution in [3.8, 4) is 0 Å². The topological polar surface area (TPSA) is 82.6 Å². The Kier molecular flexibility index (Phi) is 6.84. The van der Waals surface area contributed by atoms with Gasteiger partial charge in [0, 0.05) is 12.1 Å². The third-order valence-corrected chi connectivity index (χ3v) is 5.00. The van der Waals surface area contributed by atoms with Crippen LogP contribution in [0.3, 0.4) is 0 Å². The first-order chi connectivity index (χ1) is 12.6. The Labute approximate surface area is 162 Å². The molecule has 148 valence electrons. The van der Waals surface area contributed by atoms with Gasteiger partial charge in [-0.2, -0.15) is 0 Å². The van der Waals surface area contributed by atoms with Crippen molar-refractivity contribution in [1.29, 1.82) is 0 Å². The lowest BCUT2D eigenvalue weighted by atomic mass is 10.00. The molecule has 0 spiro atoms. The van der Waals surface area contributed by atoms with Crippen LogP contribution in [0.15, 0.2) is 47.5 Å². The maximum absolute atomic E-state index is 11.5. The number of aliphatic imine (C=N–C) groups is 1. The van der Waals surface area contributed by atoms with Gasteiger partial charge in [-0.05, 0) is 44.0 Å². The van der Waals surface area contributed by atoms with Crippen LogP contribution in [0.4, 0.5) is 0 Å². The highest BCUT2D eigenvalue weighted by Gasteiger charge is 2.22. The summed E-state index contributed by atoms with van der Waals surface area (Å²) in [4.78, 5) is 4.58. The van der Waals surface area contributed by atoms with E-state index in [0.29, 0.717) is 19.0 Å². The zero-order valence-electron chi connectivity index (χ0n) is 16.7. The van der Waals surface area contributed by atoms with Crippen molar-refractivity contribution in [3.05, 3.63) is 48.0 Å². The smallest absolute Gasteiger partial charge is 0.209 e. The summed E-state index contributed by atoms with van der Waals surface area (Å²) in [5, 5.41) is 9.05. The molecular weight excluding hydrogens is 360 g/mol. The zero-order chi connectivity index (χ0) is 20.1. The molecule has 7 heteroatoms. The predicted octanol–water partition coefficient (Wildman–Crippen LogP) is 2.78. The minimum absolute atomic E-state index is 0.0416. The molecule has 0 saturated heterocycles. The number of fused-ring (bicyclic) bond motifs is 1. The average Bonchev–Trinajstić information content (AvgIpc) is 2.57. The highest BCUT2D eigenvalue weighted by molar-refractivity contribution is 7.88. The molecule has 1 unspecified atom stereocenters. The molecule has 0 aliphatic carbocycles. The van der Waals surface area contributed by atoms with Crippen molar-refractivity contribution in [2.75, 3.05) is 19.3 Å². The Bertz CT molecular complexity index is 902. The molecule has 0 aliphatic heterocycles. The molecule has 6 nitrogen and oxygen atoms in total. The van der Waals surface area contributed by atoms with Crippen LogP contribution in [0, 0.1) is 0 Å². The second kappa shape index (κ2) is 8.71. The van der Waals surface area contributed by atoms with E-state index in [1.54, 1.807) is 0 Å². The van der Waals surface area contributed by atoms with Gasteiger partial charge < -0.3 is 10.6 Å². The van der Waals surface area contributed by atoms with Crippen LogP contribution in [0.1, 0.15) is 39.3 Å². The standard InChI is InChI=1S/C20H30N4O2S/c1-6-21-19(22-14-20(3,4)24-27(5,25)26)23-15(2)17-13-9-11-16-10-7-8-12-18(16)17/h7-13,15,24H,6,14H2,1-5H3,(H2,21,22,23). The fourth-order valence-electron chi connectivity index (χ4n) is 3.04. The van der Waals surface area contributed by atoms with E-state index in [2.05, 4.69) is 57.6 Å². The lowest BCUT2D eigenvalue weighted by molar-refractivity contribution is 0.464. The third-order valence-electron chi connectivity index (χ3n) is 4.08. The summed E-state index contributed by atoms with van der Waals surface area (Å²) < 4.78 is 25.6. The van der Waals surface area contributed by atoms with Crippen molar-refractivity contribution in [2.24, 2.45) is 4.99 Å². The summed E-state index contributed by atoms with van der Waals surface area (Å²) >= 11 is 0. The molecule has 2 aromatic rings. The maximum atomic E-state index is 11.5. The minimum Gasteiger partial charge on any atom is -0.357 e. The van der Waals surface area contributed by atoms with Crippen LogP contribution in [0.2, 0.25) is 0 Å². The fraction of sp³-hybridized carbons (Fsp3) is 0.450. The van der Waals surface area contributed by atoms with Gasteiger partial charge in [0.25, 0.3) is 0 Å². The summed E-state index contributed by atoms with van der Waals surface area (Å²) in [6.45, 7) is 8.75. The van der Waals surface area contributed by atoms with Gasteiger partial charge >= 0.3 is 0 Å². The monoisotopic (exact) mass is 390 g/mol. The Hall–Kier alpha value is -2.12. The van der Waals surface area contributed by atoms with Crippen LogP contribution >= 0.6 is 0 Å². The molecule has 3 N–H and O–H groups in total. The van der Waals surface area contributed by atoms with Gasteiger partial charge in [0.1, 0.15) is 0 Å². The fourth-order valence-corrected chi connectivity index (χ4v) is 4.11. The minimum atomic E-state index is -3.29. The Balaban J connectivity index is 2.19. The molecule has 0 bridgehead atoms. The third kappa shape index (κ3) is 6.52. The number of sulfonamides is 1. The second-order valence-corrected chi connectivity index (χ2v) is 9.14. The number of rotatable bonds is 7. The quantitative estimate of drug-likeness (QED) is 0.501. The average molecular weight is 391 g/mol. The summed E-state index contributed by atoms with van der Waals surface area (Å²) in [6, 6.07) is 14.6. The molecule has 0 heterocycles. The van der Waals surface area contributed by atoms with Crippen molar-refractivity contribution in [3.63, 3.8) is 0 Å². The van der Waals surface area contributed by atoms with Crippen LogP contribution in [-0.2, 0) is 10.0 Å². The largest absolute Gasteiger partial charge is 0.357 e. The van der Waals surface area contributed by atoms with E-state index in [1.165, 1.54) is 16.3 Å². The van der Waals surface area contributed by atoms with E-state index < -0.39 is 15.6 Å². The lowest BCUT2D eigenvalue weighted by Gasteiger charge is -2.24. The lowest BCUT2D eigenvalue weighted by Crippen LogP contribution is -2.47. The summed E-state index contributed by atoms with van der Waals surface area (Å²) in [5.74, 6) is 0.654. The summed E-state index contributed by atoms with van der Waals surface area (Å²) in [6.07, 6.45) is 1.16. The van der Waals surface area contributed by atoms with Gasteiger partial charge in [0.2, 0.25) is 10.0 Å². The van der Waals surface area contributed by atoms with Crippen LogP contribution < -0.4 is 15.4 Å². The van der Waals surface area contributed by atoms with E-state index in [-0.39, 0.29) is 6.04 Å². The van der Waals surface area contributed by atoms with E-state index in [1.807, 2.05) is 32.9 Å². The van der Waals surface area contributed by atoms with Gasteiger partial charge in [0.05, 0.1) is 18.8 Å². The first kappa shape index (κ1) is 21.2. The van der Waals surface area contributed by atoms with Gasteiger partial charge in [-0.15, -0.1) is 0 Å². The molecule has 2 rings (SSSR count). The normalized spacial score (nSPS) is 14.2.